The van der Waals surface area contributed by atoms with Gasteiger partial charge >= 0.3 is 0 Å². The molecule has 3 rings (SSSR count). The van der Waals surface area contributed by atoms with Crippen molar-refractivity contribution in [3.05, 3.63) is 70.0 Å². The largest absolute Gasteiger partial charge is 0.341 e. The molecule has 1 heterocycles. The third-order valence-corrected chi connectivity index (χ3v) is 4.82. The summed E-state index contributed by atoms with van der Waals surface area (Å²) in [6.45, 7) is 2.97. The number of nitrogens with zero attached hydrogens (tertiary/aromatic N) is 4. The highest BCUT2D eigenvalue weighted by molar-refractivity contribution is 7.71. The summed E-state index contributed by atoms with van der Waals surface area (Å²) in [7, 11) is 1.77. The molecular formula is C21H21N5OS. The number of hydrogen-bond donors (Lipinski definition) is 1. The molecule has 0 saturated carbocycles. The SMILES string of the molecule is Cc1cccc(-c2n[nH]c(=S)n2CCC(=O)N(C)Cc2ccc(C#N)cc2)c1. The molecule has 1 amide bonds. The number of benzene rings is 2. The van der Waals surface area contributed by atoms with Gasteiger partial charge in [0.1, 0.15) is 0 Å². The summed E-state index contributed by atoms with van der Waals surface area (Å²) in [6.07, 6.45) is 0.319. The van der Waals surface area contributed by atoms with E-state index in [-0.39, 0.29) is 5.91 Å². The Kier molecular flexibility index (Phi) is 6.02. The minimum Gasteiger partial charge on any atom is -0.341 e. The number of nitriles is 1. The molecule has 0 aliphatic heterocycles. The first-order valence-electron chi connectivity index (χ1n) is 8.93. The quantitative estimate of drug-likeness (QED) is 0.648. The zero-order valence-corrected chi connectivity index (χ0v) is 16.7. The second-order valence-electron chi connectivity index (χ2n) is 6.68. The van der Waals surface area contributed by atoms with Crippen molar-refractivity contribution in [1.29, 1.82) is 5.26 Å². The first-order valence-corrected chi connectivity index (χ1v) is 9.34. The molecule has 7 heteroatoms. The fourth-order valence-corrected chi connectivity index (χ4v) is 3.20. The highest BCUT2D eigenvalue weighted by Crippen LogP contribution is 2.19. The minimum atomic E-state index is 0.0163. The Balaban J connectivity index is 1.66. The molecule has 0 saturated heterocycles. The molecule has 2 aromatic carbocycles. The van der Waals surface area contributed by atoms with E-state index in [1.165, 1.54) is 0 Å². The number of H-pyrrole nitrogens is 1. The van der Waals surface area contributed by atoms with Crippen LogP contribution >= 0.6 is 12.2 Å². The van der Waals surface area contributed by atoms with Crippen LogP contribution in [0.25, 0.3) is 11.4 Å². The number of aromatic nitrogens is 3. The summed E-state index contributed by atoms with van der Waals surface area (Å²) in [6, 6.07) is 17.4. The molecular weight excluding hydrogens is 370 g/mol. The molecule has 0 spiro atoms. The predicted octanol–water partition coefficient (Wildman–Crippen LogP) is 3.84. The van der Waals surface area contributed by atoms with E-state index in [0.717, 1.165) is 22.5 Å². The standard InChI is InChI=1S/C21H21N5OS/c1-15-4-3-5-18(12-15)20-23-24-21(28)26(20)11-10-19(27)25(2)14-17-8-6-16(13-22)7-9-17/h3-9,12H,10-11,14H2,1-2H3,(H,24,28). The number of amides is 1. The normalized spacial score (nSPS) is 10.5. The van der Waals surface area contributed by atoms with Crippen molar-refractivity contribution in [3.63, 3.8) is 0 Å². The van der Waals surface area contributed by atoms with E-state index in [0.29, 0.717) is 29.8 Å². The molecule has 1 aromatic heterocycles. The smallest absolute Gasteiger partial charge is 0.224 e. The Hall–Kier alpha value is -3.24. The Morgan fingerprint density at radius 1 is 1.29 bits per heavy atom. The molecule has 0 unspecified atom stereocenters. The lowest BCUT2D eigenvalue weighted by Crippen LogP contribution is -2.27. The van der Waals surface area contributed by atoms with Gasteiger partial charge in [-0.2, -0.15) is 10.4 Å². The van der Waals surface area contributed by atoms with Crippen LogP contribution in [0.5, 0.6) is 0 Å². The van der Waals surface area contributed by atoms with Gasteiger partial charge in [-0.15, -0.1) is 0 Å². The van der Waals surface area contributed by atoms with Gasteiger partial charge in [0, 0.05) is 32.1 Å². The van der Waals surface area contributed by atoms with Gasteiger partial charge in [0.15, 0.2) is 10.6 Å². The van der Waals surface area contributed by atoms with Crippen molar-refractivity contribution in [2.75, 3.05) is 7.05 Å². The van der Waals surface area contributed by atoms with Crippen LogP contribution in [0.2, 0.25) is 0 Å². The molecule has 28 heavy (non-hydrogen) atoms. The van der Waals surface area contributed by atoms with Gasteiger partial charge in [-0.3, -0.25) is 14.5 Å². The van der Waals surface area contributed by atoms with Crippen LogP contribution in [-0.2, 0) is 17.9 Å². The molecule has 0 atom stereocenters. The van der Waals surface area contributed by atoms with E-state index in [1.54, 1.807) is 24.1 Å². The summed E-state index contributed by atoms with van der Waals surface area (Å²) in [5, 5.41) is 16.0. The van der Waals surface area contributed by atoms with Gasteiger partial charge in [0.2, 0.25) is 5.91 Å². The van der Waals surface area contributed by atoms with Crippen molar-refractivity contribution >= 4 is 18.1 Å². The van der Waals surface area contributed by atoms with Crippen LogP contribution in [0.15, 0.2) is 48.5 Å². The summed E-state index contributed by atoms with van der Waals surface area (Å²) >= 11 is 5.35. The number of aromatic amines is 1. The zero-order valence-electron chi connectivity index (χ0n) is 15.8. The number of carbonyl (C=O) groups is 1. The number of aryl methyl sites for hydroxylation is 1. The van der Waals surface area contributed by atoms with Gasteiger partial charge in [-0.1, -0.05) is 35.9 Å². The second-order valence-corrected chi connectivity index (χ2v) is 7.07. The molecule has 1 N–H and O–H groups in total. The van der Waals surface area contributed by atoms with Crippen molar-refractivity contribution in [1.82, 2.24) is 19.7 Å². The number of hydrogen-bond acceptors (Lipinski definition) is 4. The first-order chi connectivity index (χ1) is 13.5. The molecule has 6 nitrogen and oxygen atoms in total. The Bertz CT molecular complexity index is 1080. The fourth-order valence-electron chi connectivity index (χ4n) is 2.97. The topological polar surface area (TPSA) is 77.7 Å². The van der Waals surface area contributed by atoms with Gasteiger partial charge in [-0.05, 0) is 42.9 Å². The van der Waals surface area contributed by atoms with Crippen LogP contribution < -0.4 is 0 Å². The van der Waals surface area contributed by atoms with Crippen LogP contribution in [0, 0.1) is 23.0 Å². The fraction of sp³-hybridized carbons (Fsp3) is 0.238. The average Bonchev–Trinajstić information content (AvgIpc) is 3.07. The third kappa shape index (κ3) is 4.53. The Morgan fingerprint density at radius 3 is 2.71 bits per heavy atom. The lowest BCUT2D eigenvalue weighted by molar-refractivity contribution is -0.130. The van der Waals surface area contributed by atoms with Crippen molar-refractivity contribution in [3.8, 4) is 17.5 Å². The van der Waals surface area contributed by atoms with Crippen molar-refractivity contribution < 1.29 is 4.79 Å². The van der Waals surface area contributed by atoms with E-state index in [9.17, 15) is 4.79 Å². The maximum Gasteiger partial charge on any atom is 0.224 e. The molecule has 142 valence electrons. The summed E-state index contributed by atoms with van der Waals surface area (Å²) in [5.41, 5.74) is 3.69. The third-order valence-electron chi connectivity index (χ3n) is 4.51. The van der Waals surface area contributed by atoms with Crippen LogP contribution in [0.1, 0.15) is 23.1 Å². The van der Waals surface area contributed by atoms with Crippen molar-refractivity contribution in [2.45, 2.75) is 26.4 Å². The first kappa shape index (κ1) is 19.5. The van der Waals surface area contributed by atoms with E-state index in [1.807, 2.05) is 47.9 Å². The van der Waals surface area contributed by atoms with E-state index in [4.69, 9.17) is 17.5 Å². The van der Waals surface area contributed by atoms with Gasteiger partial charge in [0.25, 0.3) is 0 Å². The van der Waals surface area contributed by atoms with Crippen molar-refractivity contribution in [2.24, 2.45) is 0 Å². The van der Waals surface area contributed by atoms with Crippen LogP contribution in [-0.4, -0.2) is 32.6 Å². The lowest BCUT2D eigenvalue weighted by Gasteiger charge is -2.18. The summed E-state index contributed by atoms with van der Waals surface area (Å²) in [5.74, 6) is 0.749. The highest BCUT2D eigenvalue weighted by atomic mass is 32.1. The Labute approximate surface area is 169 Å². The summed E-state index contributed by atoms with van der Waals surface area (Å²) in [4.78, 5) is 14.3. The average molecular weight is 392 g/mol. The molecule has 3 aromatic rings. The Morgan fingerprint density at radius 2 is 2.04 bits per heavy atom. The minimum absolute atomic E-state index is 0.0163. The molecule has 0 radical (unpaired) electrons. The monoisotopic (exact) mass is 391 g/mol. The second kappa shape index (κ2) is 8.63. The van der Waals surface area contributed by atoms with Gasteiger partial charge in [-0.25, -0.2) is 0 Å². The number of rotatable bonds is 6. The lowest BCUT2D eigenvalue weighted by atomic mass is 10.1. The van der Waals surface area contributed by atoms with Gasteiger partial charge in [0.05, 0.1) is 11.6 Å². The van der Waals surface area contributed by atoms with Gasteiger partial charge < -0.3 is 4.90 Å². The van der Waals surface area contributed by atoms with Crippen LogP contribution in [0.4, 0.5) is 0 Å². The maximum absolute atomic E-state index is 12.6. The highest BCUT2D eigenvalue weighted by Gasteiger charge is 2.13. The maximum atomic E-state index is 12.6. The van der Waals surface area contributed by atoms with Crippen LogP contribution in [0.3, 0.4) is 0 Å². The number of nitrogens with one attached hydrogen (secondary N) is 1. The zero-order chi connectivity index (χ0) is 20.1. The van der Waals surface area contributed by atoms with E-state index >= 15 is 0 Å². The van der Waals surface area contributed by atoms with E-state index < -0.39 is 0 Å². The van der Waals surface area contributed by atoms with E-state index in [2.05, 4.69) is 16.3 Å². The summed E-state index contributed by atoms with van der Waals surface area (Å²) < 4.78 is 2.36. The molecule has 0 aliphatic rings. The molecule has 0 fully saturated rings. The molecule has 0 bridgehead atoms. The number of carbonyl (C=O) groups excluding carboxylic acids is 1. The molecule has 0 aliphatic carbocycles. The predicted molar refractivity (Wildman–Crippen MR) is 110 cm³/mol.